The van der Waals surface area contributed by atoms with Crippen LogP contribution in [-0.4, -0.2) is 86.3 Å². The molecule has 11 heteroatoms. The quantitative estimate of drug-likeness (QED) is 0.582. The number of nitrogens with zero attached hydrogens (tertiary/aromatic N) is 3. The third-order valence-corrected chi connectivity index (χ3v) is 10.7. The minimum Gasteiger partial charge on any atom is -0.378 e. The molecule has 5 rings (SSSR count). The van der Waals surface area contributed by atoms with Gasteiger partial charge in [0, 0.05) is 55.8 Å². The fraction of sp³-hybridized carbons (Fsp3) is 0.556. The summed E-state index contributed by atoms with van der Waals surface area (Å²) in [6.07, 6.45) is 3.53. The molecule has 0 spiro atoms. The molecule has 1 N–H and O–H groups in total. The smallest absolute Gasteiger partial charge is 0.257 e. The number of fused-ring (bicyclic) bond motifs is 1. The zero-order chi connectivity index (χ0) is 26.9. The lowest BCUT2D eigenvalue weighted by Crippen LogP contribution is -2.41. The van der Waals surface area contributed by atoms with Gasteiger partial charge in [-0.1, -0.05) is 6.42 Å². The van der Waals surface area contributed by atoms with E-state index in [1.165, 1.54) is 27.8 Å². The van der Waals surface area contributed by atoms with Crippen molar-refractivity contribution in [1.29, 1.82) is 0 Å². The van der Waals surface area contributed by atoms with Crippen LogP contribution in [0.3, 0.4) is 0 Å². The first-order chi connectivity index (χ1) is 18.3. The van der Waals surface area contributed by atoms with Crippen LogP contribution in [0.5, 0.6) is 0 Å². The molecule has 0 radical (unpaired) electrons. The summed E-state index contributed by atoms with van der Waals surface area (Å²) >= 11 is 1.47. The molecule has 0 atom stereocenters. The topological polar surface area (TPSA) is 99.3 Å². The molecule has 0 aliphatic carbocycles. The Balaban J connectivity index is 1.39. The fourth-order valence-electron chi connectivity index (χ4n) is 5.31. The highest BCUT2D eigenvalue weighted by atomic mass is 32.2. The van der Waals surface area contributed by atoms with Gasteiger partial charge in [-0.3, -0.25) is 14.5 Å². The molecule has 206 valence electrons. The van der Waals surface area contributed by atoms with Gasteiger partial charge in [-0.2, -0.15) is 4.31 Å². The van der Waals surface area contributed by atoms with Crippen molar-refractivity contribution in [2.75, 3.05) is 51.3 Å². The molecule has 0 unspecified atom stereocenters. The van der Waals surface area contributed by atoms with E-state index in [1.54, 1.807) is 17.0 Å². The molecule has 1 aromatic carbocycles. The van der Waals surface area contributed by atoms with Crippen LogP contribution in [0.1, 0.15) is 64.3 Å². The van der Waals surface area contributed by atoms with Crippen molar-refractivity contribution < 1.29 is 22.7 Å². The van der Waals surface area contributed by atoms with E-state index in [0.717, 1.165) is 49.2 Å². The van der Waals surface area contributed by atoms with Crippen LogP contribution in [0.4, 0.5) is 5.00 Å². The number of thiophene rings is 1. The summed E-state index contributed by atoms with van der Waals surface area (Å²) in [5.41, 5.74) is 1.97. The standard InChI is InChI=1S/C27H36N4O5S2/c1-19(2)30-13-10-22-23(18-30)37-26(24(22)27(33)29-14-16-36-17-15-29)28-25(32)20-6-8-21(9-7-20)38(34,35)31-11-4-3-5-12-31/h6-9,19H,3-5,10-18H2,1-2H3,(H,28,32). The number of anilines is 1. The summed E-state index contributed by atoms with van der Waals surface area (Å²) in [5.74, 6) is -0.427. The van der Waals surface area contributed by atoms with Crippen molar-refractivity contribution in [1.82, 2.24) is 14.1 Å². The number of nitrogens with one attached hydrogen (secondary N) is 1. The van der Waals surface area contributed by atoms with E-state index in [4.69, 9.17) is 4.74 Å². The Labute approximate surface area is 228 Å². The van der Waals surface area contributed by atoms with Gasteiger partial charge in [-0.15, -0.1) is 11.3 Å². The number of hydrogen-bond acceptors (Lipinski definition) is 7. The maximum absolute atomic E-state index is 13.6. The molecule has 38 heavy (non-hydrogen) atoms. The Morgan fingerprint density at radius 3 is 2.32 bits per heavy atom. The Morgan fingerprint density at radius 2 is 1.66 bits per heavy atom. The van der Waals surface area contributed by atoms with E-state index in [0.29, 0.717) is 61.6 Å². The van der Waals surface area contributed by atoms with E-state index >= 15 is 0 Å². The molecule has 3 aliphatic heterocycles. The second-order valence-corrected chi connectivity index (χ2v) is 13.4. The van der Waals surface area contributed by atoms with Crippen molar-refractivity contribution in [3.05, 3.63) is 45.8 Å². The summed E-state index contributed by atoms with van der Waals surface area (Å²) in [5, 5.41) is 3.55. The molecular formula is C27H36N4O5S2. The molecule has 2 aromatic rings. The molecule has 2 fully saturated rings. The lowest BCUT2D eigenvalue weighted by Gasteiger charge is -2.31. The van der Waals surface area contributed by atoms with E-state index in [9.17, 15) is 18.0 Å². The van der Waals surface area contributed by atoms with Gasteiger partial charge in [0.15, 0.2) is 0 Å². The molecular weight excluding hydrogens is 524 g/mol. The van der Waals surface area contributed by atoms with Crippen LogP contribution in [0.25, 0.3) is 0 Å². The van der Waals surface area contributed by atoms with E-state index in [-0.39, 0.29) is 16.7 Å². The minimum absolute atomic E-state index is 0.0675. The Kier molecular flexibility index (Phi) is 8.20. The van der Waals surface area contributed by atoms with Gasteiger partial charge in [-0.25, -0.2) is 8.42 Å². The average Bonchev–Trinajstić information content (AvgIpc) is 3.30. The van der Waals surface area contributed by atoms with Crippen LogP contribution in [0.15, 0.2) is 29.2 Å². The van der Waals surface area contributed by atoms with Crippen LogP contribution in [0, 0.1) is 0 Å². The van der Waals surface area contributed by atoms with Gasteiger partial charge < -0.3 is 15.0 Å². The highest BCUT2D eigenvalue weighted by Gasteiger charge is 2.32. The predicted octanol–water partition coefficient (Wildman–Crippen LogP) is 3.41. The van der Waals surface area contributed by atoms with Crippen molar-refractivity contribution >= 4 is 38.2 Å². The first-order valence-electron chi connectivity index (χ1n) is 13.4. The minimum atomic E-state index is -3.57. The van der Waals surface area contributed by atoms with Gasteiger partial charge >= 0.3 is 0 Å². The van der Waals surface area contributed by atoms with E-state index in [2.05, 4.69) is 24.1 Å². The lowest BCUT2D eigenvalue weighted by atomic mass is 10.0. The maximum atomic E-state index is 13.6. The van der Waals surface area contributed by atoms with Crippen molar-refractivity contribution in [3.63, 3.8) is 0 Å². The number of sulfonamides is 1. The summed E-state index contributed by atoms with van der Waals surface area (Å²) in [6, 6.07) is 6.48. The summed E-state index contributed by atoms with van der Waals surface area (Å²) in [6.45, 7) is 9.08. The molecule has 4 heterocycles. The third kappa shape index (κ3) is 5.53. The first-order valence-corrected chi connectivity index (χ1v) is 15.7. The van der Waals surface area contributed by atoms with Crippen molar-refractivity contribution in [3.8, 4) is 0 Å². The number of carbonyl (C=O) groups is 2. The van der Waals surface area contributed by atoms with Gasteiger partial charge in [0.2, 0.25) is 10.0 Å². The fourth-order valence-corrected chi connectivity index (χ4v) is 8.09. The zero-order valence-electron chi connectivity index (χ0n) is 22.1. The highest BCUT2D eigenvalue weighted by Crippen LogP contribution is 2.39. The van der Waals surface area contributed by atoms with E-state index < -0.39 is 10.0 Å². The maximum Gasteiger partial charge on any atom is 0.257 e. The molecule has 3 aliphatic rings. The monoisotopic (exact) mass is 560 g/mol. The molecule has 2 amide bonds. The number of piperidine rings is 1. The zero-order valence-corrected chi connectivity index (χ0v) is 23.7. The molecule has 0 bridgehead atoms. The second-order valence-electron chi connectivity index (χ2n) is 10.4. The van der Waals surface area contributed by atoms with Gasteiger partial charge in [0.1, 0.15) is 5.00 Å². The predicted molar refractivity (Wildman–Crippen MR) is 147 cm³/mol. The number of carbonyl (C=O) groups excluding carboxylic acids is 2. The number of ether oxygens (including phenoxy) is 1. The average molecular weight is 561 g/mol. The van der Waals surface area contributed by atoms with Gasteiger partial charge in [0.05, 0.1) is 23.7 Å². The lowest BCUT2D eigenvalue weighted by molar-refractivity contribution is 0.0302. The number of morpholine rings is 1. The number of rotatable bonds is 6. The number of benzene rings is 1. The van der Waals surface area contributed by atoms with E-state index in [1.807, 2.05) is 0 Å². The molecule has 2 saturated heterocycles. The summed E-state index contributed by atoms with van der Waals surface area (Å²) in [7, 11) is -3.57. The normalized spacial score (nSPS) is 19.4. The summed E-state index contributed by atoms with van der Waals surface area (Å²) < 4.78 is 32.9. The molecule has 1 aromatic heterocycles. The van der Waals surface area contributed by atoms with Gasteiger partial charge in [-0.05, 0) is 62.9 Å². The molecule has 0 saturated carbocycles. The second kappa shape index (κ2) is 11.4. The number of amides is 2. The van der Waals surface area contributed by atoms with Gasteiger partial charge in [0.25, 0.3) is 11.8 Å². The largest absolute Gasteiger partial charge is 0.378 e. The summed E-state index contributed by atoms with van der Waals surface area (Å²) in [4.78, 5) is 32.4. The molecule has 9 nitrogen and oxygen atoms in total. The van der Waals surface area contributed by atoms with Crippen LogP contribution >= 0.6 is 11.3 Å². The van der Waals surface area contributed by atoms with Crippen LogP contribution in [-0.2, 0) is 27.7 Å². The van der Waals surface area contributed by atoms with Crippen LogP contribution in [0.2, 0.25) is 0 Å². The van der Waals surface area contributed by atoms with Crippen molar-refractivity contribution in [2.24, 2.45) is 0 Å². The first kappa shape index (κ1) is 27.3. The Bertz CT molecular complexity index is 1280. The highest BCUT2D eigenvalue weighted by molar-refractivity contribution is 7.89. The Hall–Kier alpha value is -2.31. The van der Waals surface area contributed by atoms with Crippen LogP contribution < -0.4 is 5.32 Å². The Morgan fingerprint density at radius 1 is 0.974 bits per heavy atom. The van der Waals surface area contributed by atoms with Crippen molar-refractivity contribution in [2.45, 2.75) is 57.0 Å². The number of hydrogen-bond donors (Lipinski definition) is 1. The third-order valence-electron chi connectivity index (χ3n) is 7.63. The SMILES string of the molecule is CC(C)N1CCc2c(sc(NC(=O)c3ccc(S(=O)(=O)N4CCCCC4)cc3)c2C(=O)N2CCOCC2)C1.